The Kier molecular flexibility index (Phi) is 3.15. The summed E-state index contributed by atoms with van der Waals surface area (Å²) in [4.78, 5) is 0. The number of nitrogens with one attached hydrogen (secondary N) is 1. The summed E-state index contributed by atoms with van der Waals surface area (Å²) < 4.78 is 1.67. The van der Waals surface area contributed by atoms with Crippen LogP contribution in [-0.2, 0) is 5.60 Å². The van der Waals surface area contributed by atoms with E-state index in [1.807, 2.05) is 35.9 Å². The Labute approximate surface area is 120 Å². The van der Waals surface area contributed by atoms with Crippen LogP contribution in [0.15, 0.2) is 29.0 Å². The van der Waals surface area contributed by atoms with Gasteiger partial charge < -0.3 is 10.4 Å². The second-order valence-electron chi connectivity index (χ2n) is 4.88. The molecule has 3 aromatic heterocycles. The fraction of sp³-hybridized carbons (Fsp3) is 0.308. The van der Waals surface area contributed by atoms with Crippen LogP contribution in [0, 0.1) is 6.92 Å². The number of fused-ring (bicyclic) bond motifs is 1. The Morgan fingerprint density at radius 2 is 2.20 bits per heavy atom. The summed E-state index contributed by atoms with van der Waals surface area (Å²) in [6.45, 7) is 4.01. The third-order valence-corrected chi connectivity index (χ3v) is 3.86. The van der Waals surface area contributed by atoms with E-state index in [2.05, 4.69) is 20.6 Å². The Morgan fingerprint density at radius 3 is 2.95 bits per heavy atom. The SMILES string of the molecule is Cc1nnc2ccc(NC[C@](C)(O)c3ccsc3)nn12. The van der Waals surface area contributed by atoms with Crippen LogP contribution in [-0.4, -0.2) is 31.5 Å². The standard InChI is InChI=1S/C13H15N5OS/c1-9-15-16-12-4-3-11(17-18(9)12)14-8-13(2,19)10-5-6-20-7-10/h3-7,19H,8H2,1-2H3,(H,14,17)/t13-/m0/s1. The van der Waals surface area contributed by atoms with E-state index < -0.39 is 5.60 Å². The lowest BCUT2D eigenvalue weighted by molar-refractivity contribution is 0.0719. The first-order valence-corrected chi connectivity index (χ1v) is 7.18. The van der Waals surface area contributed by atoms with Crippen molar-refractivity contribution in [1.82, 2.24) is 19.8 Å². The van der Waals surface area contributed by atoms with Crippen molar-refractivity contribution in [2.24, 2.45) is 0 Å². The van der Waals surface area contributed by atoms with Gasteiger partial charge in [0, 0.05) is 6.54 Å². The Balaban J connectivity index is 1.78. The fourth-order valence-corrected chi connectivity index (χ4v) is 2.71. The first kappa shape index (κ1) is 13.0. The second kappa shape index (κ2) is 4.84. The largest absolute Gasteiger partial charge is 0.384 e. The van der Waals surface area contributed by atoms with Crippen molar-refractivity contribution >= 4 is 22.8 Å². The zero-order valence-electron chi connectivity index (χ0n) is 11.2. The van der Waals surface area contributed by atoms with E-state index in [1.165, 1.54) is 0 Å². The maximum atomic E-state index is 10.4. The minimum Gasteiger partial charge on any atom is -0.384 e. The van der Waals surface area contributed by atoms with Gasteiger partial charge in [-0.3, -0.25) is 0 Å². The van der Waals surface area contributed by atoms with Gasteiger partial charge in [0.05, 0.1) is 0 Å². The minimum atomic E-state index is -0.932. The van der Waals surface area contributed by atoms with Crippen LogP contribution in [0.1, 0.15) is 18.3 Å². The fourth-order valence-electron chi connectivity index (χ4n) is 1.93. The van der Waals surface area contributed by atoms with Crippen LogP contribution < -0.4 is 5.32 Å². The molecule has 0 bridgehead atoms. The Hall–Kier alpha value is -1.99. The van der Waals surface area contributed by atoms with E-state index in [4.69, 9.17) is 0 Å². The lowest BCUT2D eigenvalue weighted by Gasteiger charge is -2.23. The summed E-state index contributed by atoms with van der Waals surface area (Å²) in [5.74, 6) is 1.41. The van der Waals surface area contributed by atoms with Gasteiger partial charge in [0.1, 0.15) is 11.4 Å². The first-order chi connectivity index (χ1) is 9.56. The zero-order chi connectivity index (χ0) is 14.2. The maximum Gasteiger partial charge on any atom is 0.178 e. The van der Waals surface area contributed by atoms with Gasteiger partial charge >= 0.3 is 0 Å². The van der Waals surface area contributed by atoms with E-state index in [9.17, 15) is 5.11 Å². The van der Waals surface area contributed by atoms with Crippen molar-refractivity contribution in [1.29, 1.82) is 0 Å². The Morgan fingerprint density at radius 1 is 1.35 bits per heavy atom. The molecule has 20 heavy (non-hydrogen) atoms. The number of hydrogen-bond acceptors (Lipinski definition) is 6. The van der Waals surface area contributed by atoms with E-state index in [0.717, 1.165) is 11.4 Å². The molecule has 0 unspecified atom stereocenters. The van der Waals surface area contributed by atoms with Crippen LogP contribution in [0.4, 0.5) is 5.82 Å². The number of nitrogens with zero attached hydrogens (tertiary/aromatic N) is 4. The summed E-state index contributed by atoms with van der Waals surface area (Å²) in [5.41, 5.74) is 0.674. The summed E-state index contributed by atoms with van der Waals surface area (Å²) in [7, 11) is 0. The minimum absolute atomic E-state index is 0.378. The summed E-state index contributed by atoms with van der Waals surface area (Å²) >= 11 is 1.57. The number of hydrogen-bond donors (Lipinski definition) is 2. The molecule has 0 aliphatic heterocycles. The number of aromatic nitrogens is 4. The molecule has 0 fully saturated rings. The third-order valence-electron chi connectivity index (χ3n) is 3.18. The molecule has 3 rings (SSSR count). The zero-order valence-corrected chi connectivity index (χ0v) is 12.1. The molecule has 2 N–H and O–H groups in total. The van der Waals surface area contributed by atoms with Crippen LogP contribution >= 0.6 is 11.3 Å². The third kappa shape index (κ3) is 2.37. The quantitative estimate of drug-likeness (QED) is 0.766. The predicted molar refractivity (Wildman–Crippen MR) is 77.9 cm³/mol. The van der Waals surface area contributed by atoms with Gasteiger partial charge in [-0.15, -0.1) is 15.3 Å². The highest BCUT2D eigenvalue weighted by Gasteiger charge is 2.23. The van der Waals surface area contributed by atoms with Crippen molar-refractivity contribution in [3.63, 3.8) is 0 Å². The molecule has 3 aromatic rings. The van der Waals surface area contributed by atoms with Crippen LogP contribution in [0.2, 0.25) is 0 Å². The normalized spacial score (nSPS) is 14.3. The molecule has 0 radical (unpaired) electrons. The lowest BCUT2D eigenvalue weighted by atomic mass is 9.99. The molecule has 0 aliphatic carbocycles. The van der Waals surface area contributed by atoms with Crippen molar-refractivity contribution in [2.75, 3.05) is 11.9 Å². The number of anilines is 1. The number of thiophene rings is 1. The average molecular weight is 289 g/mol. The van der Waals surface area contributed by atoms with E-state index in [0.29, 0.717) is 18.0 Å². The van der Waals surface area contributed by atoms with Crippen molar-refractivity contribution in [3.8, 4) is 0 Å². The lowest BCUT2D eigenvalue weighted by Crippen LogP contribution is -2.30. The molecular weight excluding hydrogens is 274 g/mol. The molecule has 0 aromatic carbocycles. The first-order valence-electron chi connectivity index (χ1n) is 6.24. The summed E-state index contributed by atoms with van der Waals surface area (Å²) in [6.07, 6.45) is 0. The van der Waals surface area contributed by atoms with Gasteiger partial charge in [-0.1, -0.05) is 0 Å². The number of rotatable bonds is 4. The van der Waals surface area contributed by atoms with Gasteiger partial charge in [0.15, 0.2) is 11.5 Å². The average Bonchev–Trinajstić information content (AvgIpc) is 3.07. The van der Waals surface area contributed by atoms with E-state index in [1.54, 1.807) is 22.8 Å². The monoisotopic (exact) mass is 289 g/mol. The van der Waals surface area contributed by atoms with Crippen molar-refractivity contribution in [3.05, 3.63) is 40.3 Å². The highest BCUT2D eigenvalue weighted by molar-refractivity contribution is 7.08. The van der Waals surface area contributed by atoms with Crippen LogP contribution in [0.25, 0.3) is 5.65 Å². The molecule has 3 heterocycles. The molecule has 7 heteroatoms. The highest BCUT2D eigenvalue weighted by atomic mass is 32.1. The molecule has 1 atom stereocenters. The van der Waals surface area contributed by atoms with Crippen LogP contribution in [0.3, 0.4) is 0 Å². The van der Waals surface area contributed by atoms with Gasteiger partial charge in [0.2, 0.25) is 0 Å². The van der Waals surface area contributed by atoms with Gasteiger partial charge in [-0.05, 0) is 48.4 Å². The number of aryl methyl sites for hydroxylation is 1. The molecule has 0 saturated carbocycles. The highest BCUT2D eigenvalue weighted by Crippen LogP contribution is 2.23. The van der Waals surface area contributed by atoms with Crippen molar-refractivity contribution in [2.45, 2.75) is 19.4 Å². The van der Waals surface area contributed by atoms with Gasteiger partial charge in [-0.25, -0.2) is 0 Å². The molecule has 104 valence electrons. The van der Waals surface area contributed by atoms with Crippen LogP contribution in [0.5, 0.6) is 0 Å². The topological polar surface area (TPSA) is 75.3 Å². The second-order valence-corrected chi connectivity index (χ2v) is 5.66. The summed E-state index contributed by atoms with van der Waals surface area (Å²) in [5, 5.41) is 29.8. The number of aliphatic hydroxyl groups is 1. The van der Waals surface area contributed by atoms with Gasteiger partial charge in [-0.2, -0.15) is 15.9 Å². The maximum absolute atomic E-state index is 10.4. The Bertz CT molecular complexity index is 720. The molecular formula is C13H15N5OS. The molecule has 0 amide bonds. The predicted octanol–water partition coefficient (Wildman–Crippen LogP) is 1.81. The van der Waals surface area contributed by atoms with Crippen molar-refractivity contribution < 1.29 is 5.11 Å². The molecule has 0 spiro atoms. The van der Waals surface area contributed by atoms with E-state index >= 15 is 0 Å². The van der Waals surface area contributed by atoms with Gasteiger partial charge in [0.25, 0.3) is 0 Å². The van der Waals surface area contributed by atoms with E-state index in [-0.39, 0.29) is 0 Å². The molecule has 0 saturated heterocycles. The summed E-state index contributed by atoms with van der Waals surface area (Å²) in [6, 6.07) is 5.59. The molecule has 6 nitrogen and oxygen atoms in total. The smallest absolute Gasteiger partial charge is 0.178 e. The molecule has 0 aliphatic rings.